The molecule has 0 aliphatic heterocycles. The molecule has 0 heterocycles. The van der Waals surface area contributed by atoms with Gasteiger partial charge in [0.1, 0.15) is 7.85 Å². The van der Waals surface area contributed by atoms with E-state index < -0.39 is 0 Å². The molecule has 0 aliphatic rings. The van der Waals surface area contributed by atoms with Crippen LogP contribution in [0.3, 0.4) is 0 Å². The summed E-state index contributed by atoms with van der Waals surface area (Å²) in [5.74, 6) is 0. The molecule has 2 rings (SSSR count). The summed E-state index contributed by atoms with van der Waals surface area (Å²) in [5.41, 5.74) is 5.51. The fourth-order valence-electron chi connectivity index (χ4n) is 1.83. The Morgan fingerprint density at radius 3 is 1.69 bits per heavy atom. The van der Waals surface area contributed by atoms with Crippen molar-refractivity contribution >= 4 is 7.85 Å². The minimum absolute atomic E-state index is 1.03. The zero-order chi connectivity index (χ0) is 11.4. The molecule has 0 saturated carbocycles. The highest BCUT2D eigenvalue weighted by atomic mass is 14.0. The second-order valence-corrected chi connectivity index (χ2v) is 4.33. The topological polar surface area (TPSA) is 0 Å². The minimum atomic E-state index is 1.03. The quantitative estimate of drug-likeness (QED) is 0.680. The van der Waals surface area contributed by atoms with Crippen LogP contribution < -0.4 is 0 Å². The van der Waals surface area contributed by atoms with Gasteiger partial charge in [0.2, 0.25) is 0 Å². The molecule has 16 heavy (non-hydrogen) atoms. The lowest BCUT2D eigenvalue weighted by Crippen LogP contribution is -1.89. The number of benzene rings is 2. The molecular weight excluding hydrogens is 191 g/mol. The van der Waals surface area contributed by atoms with Crippen molar-refractivity contribution in [2.24, 2.45) is 0 Å². The van der Waals surface area contributed by atoms with Gasteiger partial charge in [0.05, 0.1) is 0 Å². The van der Waals surface area contributed by atoms with Crippen LogP contribution in [-0.4, -0.2) is 7.85 Å². The third kappa shape index (κ3) is 2.76. The van der Waals surface area contributed by atoms with Crippen LogP contribution in [0.25, 0.3) is 0 Å². The van der Waals surface area contributed by atoms with Crippen LogP contribution in [-0.2, 0) is 12.7 Å². The maximum Gasteiger partial charge on any atom is 0.107 e. The van der Waals surface area contributed by atoms with Gasteiger partial charge in [-0.3, -0.25) is 0 Å². The molecule has 0 unspecified atom stereocenters. The van der Waals surface area contributed by atoms with Crippen molar-refractivity contribution in [3.8, 4) is 0 Å². The fourth-order valence-corrected chi connectivity index (χ4v) is 1.83. The summed E-state index contributed by atoms with van der Waals surface area (Å²) in [4.78, 5) is 0. The Morgan fingerprint density at radius 2 is 1.19 bits per heavy atom. The molecule has 0 bridgehead atoms. The van der Waals surface area contributed by atoms with Gasteiger partial charge < -0.3 is 0 Å². The number of hydrogen-bond donors (Lipinski definition) is 0. The number of hydrogen-bond acceptors (Lipinski definition) is 0. The maximum atomic E-state index is 2.23. The second kappa shape index (κ2) is 5.02. The van der Waals surface area contributed by atoms with Gasteiger partial charge in [-0.15, -0.1) is 0 Å². The predicted octanol–water partition coefficient (Wildman–Crippen LogP) is 2.72. The summed E-state index contributed by atoms with van der Waals surface area (Å²) in [6, 6.07) is 17.7. The summed E-state index contributed by atoms with van der Waals surface area (Å²) in [6.45, 7) is 2.12. The summed E-state index contributed by atoms with van der Waals surface area (Å²) in [6.07, 6.45) is 2.15. The Bertz CT molecular complexity index is 440. The Kier molecular flexibility index (Phi) is 3.45. The molecule has 0 nitrogen and oxygen atoms in total. The molecule has 1 heteroatoms. The van der Waals surface area contributed by atoms with E-state index in [4.69, 9.17) is 0 Å². The van der Waals surface area contributed by atoms with Gasteiger partial charge in [-0.05, 0) is 24.5 Å². The van der Waals surface area contributed by atoms with Crippen molar-refractivity contribution < 1.29 is 0 Å². The van der Waals surface area contributed by atoms with Crippen LogP contribution >= 0.6 is 0 Å². The van der Waals surface area contributed by atoms with Gasteiger partial charge in [-0.1, -0.05) is 66.0 Å². The average molecular weight is 208 g/mol. The van der Waals surface area contributed by atoms with E-state index in [2.05, 4.69) is 63.3 Å². The fraction of sp³-hybridized carbons (Fsp3) is 0.200. The molecule has 0 radical (unpaired) electrons. The predicted molar refractivity (Wildman–Crippen MR) is 72.7 cm³/mol. The van der Waals surface area contributed by atoms with E-state index in [1.54, 1.807) is 0 Å². The first-order chi connectivity index (χ1) is 7.78. The molecule has 80 valence electrons. The molecule has 0 saturated heterocycles. The van der Waals surface area contributed by atoms with E-state index in [0.29, 0.717) is 0 Å². The monoisotopic (exact) mass is 208 g/mol. The minimum Gasteiger partial charge on any atom is -0.0595 e. The second-order valence-electron chi connectivity index (χ2n) is 4.33. The lowest BCUT2D eigenvalue weighted by Gasteiger charge is -2.03. The standard InChI is InChI=1S/C15H17B/c1-12-2-4-13(5-3-12)10-14-6-8-15(11-16)9-7-14/h2-9H,10-11,16H2,1H3. The summed E-state index contributed by atoms with van der Waals surface area (Å²) in [5, 5.41) is 0. The van der Waals surface area contributed by atoms with E-state index in [0.717, 1.165) is 12.7 Å². The Hall–Kier alpha value is -1.50. The van der Waals surface area contributed by atoms with Crippen LogP contribution in [0.1, 0.15) is 22.3 Å². The van der Waals surface area contributed by atoms with Crippen LogP contribution in [0.15, 0.2) is 48.5 Å². The summed E-state index contributed by atoms with van der Waals surface area (Å²) in [7, 11) is 2.19. The molecule has 2 aromatic carbocycles. The Balaban J connectivity index is 2.11. The molecule has 0 spiro atoms. The van der Waals surface area contributed by atoms with Gasteiger partial charge in [-0.25, -0.2) is 0 Å². The normalized spacial score (nSPS) is 10.3. The van der Waals surface area contributed by atoms with Crippen molar-refractivity contribution in [1.82, 2.24) is 0 Å². The van der Waals surface area contributed by atoms with Crippen molar-refractivity contribution in [2.45, 2.75) is 19.7 Å². The Labute approximate surface area is 98.7 Å². The highest BCUT2D eigenvalue weighted by Crippen LogP contribution is 2.11. The summed E-state index contributed by atoms with van der Waals surface area (Å²) < 4.78 is 0. The first-order valence-electron chi connectivity index (χ1n) is 5.91. The first kappa shape index (κ1) is 11.0. The van der Waals surface area contributed by atoms with Crippen LogP contribution in [0.4, 0.5) is 0 Å². The SMILES string of the molecule is BCc1ccc(Cc2ccc(C)cc2)cc1. The lowest BCUT2D eigenvalue weighted by atomic mass is 9.95. The smallest absolute Gasteiger partial charge is 0.0595 e. The molecule has 0 aliphatic carbocycles. The van der Waals surface area contributed by atoms with Gasteiger partial charge >= 0.3 is 0 Å². The molecule has 2 aromatic rings. The zero-order valence-corrected chi connectivity index (χ0v) is 10.0. The molecular formula is C15H17B. The molecule has 0 amide bonds. The van der Waals surface area contributed by atoms with Gasteiger partial charge in [0.25, 0.3) is 0 Å². The highest BCUT2D eigenvalue weighted by Gasteiger charge is 1.96. The first-order valence-corrected chi connectivity index (χ1v) is 5.91. The van der Waals surface area contributed by atoms with E-state index in [1.165, 1.54) is 22.3 Å². The van der Waals surface area contributed by atoms with E-state index >= 15 is 0 Å². The van der Waals surface area contributed by atoms with E-state index in [1.807, 2.05) is 0 Å². The van der Waals surface area contributed by atoms with Crippen molar-refractivity contribution in [1.29, 1.82) is 0 Å². The van der Waals surface area contributed by atoms with Gasteiger partial charge in [0.15, 0.2) is 0 Å². The largest absolute Gasteiger partial charge is 0.107 e. The molecule has 0 aromatic heterocycles. The average Bonchev–Trinajstić information content (AvgIpc) is 2.33. The van der Waals surface area contributed by atoms with Crippen molar-refractivity contribution in [2.75, 3.05) is 0 Å². The number of aryl methyl sites for hydroxylation is 1. The molecule has 0 fully saturated rings. The zero-order valence-electron chi connectivity index (χ0n) is 10.0. The van der Waals surface area contributed by atoms with Gasteiger partial charge in [-0.2, -0.15) is 0 Å². The highest BCUT2D eigenvalue weighted by molar-refractivity contribution is 6.08. The Morgan fingerprint density at radius 1 is 0.750 bits per heavy atom. The van der Waals surface area contributed by atoms with E-state index in [-0.39, 0.29) is 0 Å². The number of rotatable bonds is 3. The third-order valence-corrected chi connectivity index (χ3v) is 2.96. The van der Waals surface area contributed by atoms with Crippen LogP contribution in [0.5, 0.6) is 0 Å². The van der Waals surface area contributed by atoms with Crippen LogP contribution in [0.2, 0.25) is 0 Å². The van der Waals surface area contributed by atoms with Crippen molar-refractivity contribution in [3.05, 3.63) is 70.8 Å². The molecule has 0 N–H and O–H groups in total. The van der Waals surface area contributed by atoms with E-state index in [9.17, 15) is 0 Å². The third-order valence-electron chi connectivity index (χ3n) is 2.96. The van der Waals surface area contributed by atoms with Crippen molar-refractivity contribution in [3.63, 3.8) is 0 Å². The molecule has 0 atom stereocenters. The van der Waals surface area contributed by atoms with Crippen LogP contribution in [0, 0.1) is 6.92 Å². The van der Waals surface area contributed by atoms with Gasteiger partial charge in [0, 0.05) is 0 Å². The maximum absolute atomic E-state index is 2.23. The lowest BCUT2D eigenvalue weighted by molar-refractivity contribution is 1.18. The summed E-state index contributed by atoms with van der Waals surface area (Å²) >= 11 is 0.